The fraction of sp³-hybridized carbons (Fsp3) is 0.182. The summed E-state index contributed by atoms with van der Waals surface area (Å²) >= 11 is 1.13. The number of hydrogen-bond donors (Lipinski definition) is 2. The maximum Gasteiger partial charge on any atom is 0.270 e. The lowest BCUT2D eigenvalue weighted by molar-refractivity contribution is -0.115. The van der Waals surface area contributed by atoms with Crippen molar-refractivity contribution in [1.82, 2.24) is 9.97 Å². The quantitative estimate of drug-likeness (QED) is 0.494. The van der Waals surface area contributed by atoms with Gasteiger partial charge < -0.3 is 10.3 Å². The Bertz CT molecular complexity index is 1150. The van der Waals surface area contributed by atoms with E-state index < -0.39 is 10.8 Å². The summed E-state index contributed by atoms with van der Waals surface area (Å²) in [5.41, 5.74) is 3.26. The van der Waals surface area contributed by atoms with Crippen molar-refractivity contribution < 1.29 is 4.79 Å². The third kappa shape index (κ3) is 4.73. The summed E-state index contributed by atoms with van der Waals surface area (Å²) in [6, 6.07) is 16.8. The van der Waals surface area contributed by atoms with Crippen molar-refractivity contribution in [2.24, 2.45) is 0 Å². The average Bonchev–Trinajstić information content (AvgIpc) is 2.70. The molecular formula is C22H20N4O2S. The molecule has 0 aliphatic carbocycles. The van der Waals surface area contributed by atoms with E-state index in [0.717, 1.165) is 28.6 Å². The minimum Gasteiger partial charge on any atom is -0.325 e. The zero-order chi connectivity index (χ0) is 21.0. The SMILES string of the molecule is Cc1ccc(NC(=O)C(C)Sc2nc(-c3ccccc3)c(C#N)c(=O)[nH]2)c(C)c1. The summed E-state index contributed by atoms with van der Waals surface area (Å²) in [4.78, 5) is 32.0. The van der Waals surface area contributed by atoms with Crippen LogP contribution < -0.4 is 10.9 Å². The van der Waals surface area contributed by atoms with Crippen molar-refractivity contribution in [2.75, 3.05) is 5.32 Å². The Labute approximate surface area is 173 Å². The third-order valence-corrected chi connectivity index (χ3v) is 5.34. The summed E-state index contributed by atoms with van der Waals surface area (Å²) in [5.74, 6) is -0.199. The van der Waals surface area contributed by atoms with Gasteiger partial charge in [-0.25, -0.2) is 4.98 Å². The van der Waals surface area contributed by atoms with Crippen LogP contribution in [-0.2, 0) is 4.79 Å². The van der Waals surface area contributed by atoms with Crippen LogP contribution in [0.25, 0.3) is 11.3 Å². The van der Waals surface area contributed by atoms with Gasteiger partial charge in [0.05, 0.1) is 10.9 Å². The molecule has 1 heterocycles. The van der Waals surface area contributed by atoms with E-state index in [0.29, 0.717) is 11.3 Å². The van der Waals surface area contributed by atoms with Crippen LogP contribution in [0, 0.1) is 25.2 Å². The fourth-order valence-corrected chi connectivity index (χ4v) is 3.62. The second-order valence-electron chi connectivity index (χ2n) is 6.64. The molecule has 0 aliphatic rings. The molecular weight excluding hydrogens is 384 g/mol. The van der Waals surface area contributed by atoms with E-state index >= 15 is 0 Å². The maximum absolute atomic E-state index is 12.6. The highest BCUT2D eigenvalue weighted by molar-refractivity contribution is 8.00. The molecule has 3 rings (SSSR count). The number of carbonyl (C=O) groups is 1. The fourth-order valence-electron chi connectivity index (χ4n) is 2.83. The Hall–Kier alpha value is -3.37. The summed E-state index contributed by atoms with van der Waals surface area (Å²) in [6.45, 7) is 5.67. The van der Waals surface area contributed by atoms with Gasteiger partial charge in [-0.15, -0.1) is 0 Å². The molecule has 2 aromatic carbocycles. The Morgan fingerprint density at radius 2 is 1.93 bits per heavy atom. The van der Waals surface area contributed by atoms with E-state index in [1.165, 1.54) is 0 Å². The van der Waals surface area contributed by atoms with Gasteiger partial charge in [0.15, 0.2) is 5.16 Å². The van der Waals surface area contributed by atoms with Gasteiger partial charge in [-0.2, -0.15) is 5.26 Å². The van der Waals surface area contributed by atoms with Crippen molar-refractivity contribution >= 4 is 23.4 Å². The smallest absolute Gasteiger partial charge is 0.270 e. The molecule has 0 aliphatic heterocycles. The van der Waals surface area contributed by atoms with Crippen LogP contribution in [0.1, 0.15) is 23.6 Å². The molecule has 3 aromatic rings. The van der Waals surface area contributed by atoms with Crippen molar-refractivity contribution in [3.05, 3.63) is 75.6 Å². The van der Waals surface area contributed by atoms with E-state index in [9.17, 15) is 14.9 Å². The number of nitriles is 1. The summed E-state index contributed by atoms with van der Waals surface area (Å²) in [7, 11) is 0. The first-order chi connectivity index (χ1) is 13.9. The molecule has 1 unspecified atom stereocenters. The van der Waals surface area contributed by atoms with E-state index in [4.69, 9.17) is 0 Å². The molecule has 29 heavy (non-hydrogen) atoms. The number of thioether (sulfide) groups is 1. The zero-order valence-electron chi connectivity index (χ0n) is 16.3. The predicted octanol–water partition coefficient (Wildman–Crippen LogP) is 4.04. The van der Waals surface area contributed by atoms with Crippen LogP contribution in [0.2, 0.25) is 0 Å². The Balaban J connectivity index is 1.84. The van der Waals surface area contributed by atoms with Gasteiger partial charge in [0, 0.05) is 11.3 Å². The number of carbonyl (C=O) groups excluding carboxylic acids is 1. The van der Waals surface area contributed by atoms with Crippen LogP contribution in [0.4, 0.5) is 5.69 Å². The highest BCUT2D eigenvalue weighted by atomic mass is 32.2. The van der Waals surface area contributed by atoms with Gasteiger partial charge in [-0.1, -0.05) is 59.8 Å². The van der Waals surface area contributed by atoms with Gasteiger partial charge >= 0.3 is 0 Å². The van der Waals surface area contributed by atoms with Crippen LogP contribution in [-0.4, -0.2) is 21.1 Å². The first kappa shape index (κ1) is 20.4. The molecule has 0 spiro atoms. The summed E-state index contributed by atoms with van der Waals surface area (Å²) in [5, 5.41) is 12.0. The van der Waals surface area contributed by atoms with Crippen LogP contribution in [0.3, 0.4) is 0 Å². The van der Waals surface area contributed by atoms with Gasteiger partial charge in [0.1, 0.15) is 11.6 Å². The molecule has 146 valence electrons. The second kappa shape index (κ2) is 8.76. The number of benzene rings is 2. The monoisotopic (exact) mass is 404 g/mol. The minimum absolute atomic E-state index is 0.0482. The molecule has 6 nitrogen and oxygen atoms in total. The minimum atomic E-state index is -0.522. The molecule has 2 N–H and O–H groups in total. The molecule has 7 heteroatoms. The number of rotatable bonds is 5. The molecule has 1 aromatic heterocycles. The average molecular weight is 404 g/mol. The van der Waals surface area contributed by atoms with Gasteiger partial charge in [-0.3, -0.25) is 9.59 Å². The number of H-pyrrole nitrogens is 1. The van der Waals surface area contributed by atoms with Crippen molar-refractivity contribution in [3.63, 3.8) is 0 Å². The van der Waals surface area contributed by atoms with Crippen LogP contribution in [0.15, 0.2) is 58.5 Å². The Morgan fingerprint density at radius 3 is 2.59 bits per heavy atom. The largest absolute Gasteiger partial charge is 0.325 e. The lowest BCUT2D eigenvalue weighted by atomic mass is 10.1. The number of nitrogens with zero attached hydrogens (tertiary/aromatic N) is 2. The lowest BCUT2D eigenvalue weighted by Crippen LogP contribution is -2.24. The molecule has 0 bridgehead atoms. The third-order valence-electron chi connectivity index (χ3n) is 4.35. The number of aromatic amines is 1. The summed E-state index contributed by atoms with van der Waals surface area (Å²) in [6.07, 6.45) is 0. The van der Waals surface area contributed by atoms with E-state index in [2.05, 4.69) is 15.3 Å². The number of nitrogens with one attached hydrogen (secondary N) is 2. The predicted molar refractivity (Wildman–Crippen MR) is 115 cm³/mol. The van der Waals surface area contributed by atoms with Crippen molar-refractivity contribution in [2.45, 2.75) is 31.2 Å². The molecule has 0 fully saturated rings. The number of hydrogen-bond acceptors (Lipinski definition) is 5. The number of aromatic nitrogens is 2. The number of anilines is 1. The van der Waals surface area contributed by atoms with Crippen molar-refractivity contribution in [1.29, 1.82) is 5.26 Å². The first-order valence-corrected chi connectivity index (χ1v) is 9.91. The molecule has 1 atom stereocenters. The maximum atomic E-state index is 12.6. The summed E-state index contributed by atoms with van der Waals surface area (Å²) < 4.78 is 0. The zero-order valence-corrected chi connectivity index (χ0v) is 17.1. The van der Waals surface area contributed by atoms with Gasteiger partial charge in [0.25, 0.3) is 5.56 Å². The highest BCUT2D eigenvalue weighted by Gasteiger charge is 2.19. The van der Waals surface area contributed by atoms with E-state index in [1.54, 1.807) is 19.1 Å². The number of aryl methyl sites for hydroxylation is 2. The molecule has 0 saturated carbocycles. The Morgan fingerprint density at radius 1 is 1.21 bits per heavy atom. The van der Waals surface area contributed by atoms with Gasteiger partial charge in [-0.05, 0) is 32.4 Å². The van der Waals surface area contributed by atoms with Crippen molar-refractivity contribution in [3.8, 4) is 17.3 Å². The van der Waals surface area contributed by atoms with Crippen LogP contribution in [0.5, 0.6) is 0 Å². The first-order valence-electron chi connectivity index (χ1n) is 9.03. The number of amides is 1. The normalized spacial score (nSPS) is 11.5. The Kier molecular flexibility index (Phi) is 6.15. The van der Waals surface area contributed by atoms with E-state index in [1.807, 2.05) is 56.3 Å². The highest BCUT2D eigenvalue weighted by Crippen LogP contribution is 2.25. The molecule has 1 amide bonds. The molecule has 0 radical (unpaired) electrons. The topological polar surface area (TPSA) is 98.6 Å². The van der Waals surface area contributed by atoms with Crippen LogP contribution >= 0.6 is 11.8 Å². The lowest BCUT2D eigenvalue weighted by Gasteiger charge is -2.14. The second-order valence-corrected chi connectivity index (χ2v) is 7.97. The van der Waals surface area contributed by atoms with Gasteiger partial charge in [0.2, 0.25) is 5.91 Å². The standard InChI is InChI=1S/C22H20N4O2S/c1-13-9-10-18(14(2)11-13)24-20(27)15(3)29-22-25-19(16-7-5-4-6-8-16)17(12-23)21(28)26-22/h4-11,15H,1-3H3,(H,24,27)(H,25,26,28). The molecule has 0 saturated heterocycles. The van der Waals surface area contributed by atoms with E-state index in [-0.39, 0.29) is 16.6 Å².